The van der Waals surface area contributed by atoms with Crippen molar-refractivity contribution < 1.29 is 9.84 Å². The van der Waals surface area contributed by atoms with Crippen molar-refractivity contribution in [2.24, 2.45) is 7.05 Å². The molecular weight excluding hydrogens is 228 g/mol. The van der Waals surface area contributed by atoms with E-state index in [2.05, 4.69) is 5.10 Å². The second kappa shape index (κ2) is 5.85. The van der Waals surface area contributed by atoms with Gasteiger partial charge in [0.2, 0.25) is 0 Å². The van der Waals surface area contributed by atoms with E-state index in [4.69, 9.17) is 4.74 Å². The zero-order chi connectivity index (χ0) is 13.9. The van der Waals surface area contributed by atoms with Crippen LogP contribution < -0.4 is 0 Å². The molecule has 104 valence electrons. The molecular formula is C14H26N2O2. The number of aliphatic hydroxyl groups is 1. The Morgan fingerprint density at radius 2 is 2.00 bits per heavy atom. The first-order valence-corrected chi connectivity index (χ1v) is 6.49. The van der Waals surface area contributed by atoms with E-state index < -0.39 is 0 Å². The average molecular weight is 254 g/mol. The SMILES string of the molecule is COC(C)(C)CCC(O)Cc1c(C)nn(C)c1C. The Bertz CT molecular complexity index is 397. The first kappa shape index (κ1) is 15.2. The van der Waals surface area contributed by atoms with E-state index in [1.807, 2.05) is 39.4 Å². The van der Waals surface area contributed by atoms with Crippen molar-refractivity contribution in [2.75, 3.05) is 7.11 Å². The van der Waals surface area contributed by atoms with Gasteiger partial charge in [0, 0.05) is 26.3 Å². The quantitative estimate of drug-likeness (QED) is 0.846. The van der Waals surface area contributed by atoms with Crippen LogP contribution in [0.4, 0.5) is 0 Å². The van der Waals surface area contributed by atoms with Crippen LogP contribution in [0, 0.1) is 13.8 Å². The largest absolute Gasteiger partial charge is 0.393 e. The van der Waals surface area contributed by atoms with Gasteiger partial charge in [0.25, 0.3) is 0 Å². The monoisotopic (exact) mass is 254 g/mol. The Hall–Kier alpha value is -0.870. The number of aromatic nitrogens is 2. The molecule has 1 aromatic heterocycles. The predicted octanol–water partition coefficient (Wildman–Crippen LogP) is 2.15. The van der Waals surface area contributed by atoms with Gasteiger partial charge in [-0.3, -0.25) is 4.68 Å². The Kier molecular flexibility index (Phi) is 4.93. The molecule has 1 unspecified atom stereocenters. The summed E-state index contributed by atoms with van der Waals surface area (Å²) in [6.07, 6.45) is 1.93. The van der Waals surface area contributed by atoms with Crippen molar-refractivity contribution in [2.45, 2.75) is 58.7 Å². The zero-order valence-corrected chi connectivity index (χ0v) is 12.4. The van der Waals surface area contributed by atoms with Crippen LogP contribution in [0.2, 0.25) is 0 Å². The number of ether oxygens (including phenoxy) is 1. The highest BCUT2D eigenvalue weighted by Gasteiger charge is 2.20. The molecule has 0 spiro atoms. The number of aryl methyl sites for hydroxylation is 2. The topological polar surface area (TPSA) is 47.3 Å². The van der Waals surface area contributed by atoms with Gasteiger partial charge in [0.15, 0.2) is 0 Å². The highest BCUT2D eigenvalue weighted by atomic mass is 16.5. The van der Waals surface area contributed by atoms with Crippen LogP contribution >= 0.6 is 0 Å². The van der Waals surface area contributed by atoms with E-state index in [-0.39, 0.29) is 11.7 Å². The number of hydrogen-bond donors (Lipinski definition) is 1. The van der Waals surface area contributed by atoms with Crippen LogP contribution in [0.3, 0.4) is 0 Å². The minimum atomic E-state index is -0.332. The Morgan fingerprint density at radius 3 is 2.44 bits per heavy atom. The first-order valence-electron chi connectivity index (χ1n) is 6.49. The van der Waals surface area contributed by atoms with Gasteiger partial charge >= 0.3 is 0 Å². The third-order valence-corrected chi connectivity index (χ3v) is 3.73. The number of rotatable bonds is 6. The van der Waals surface area contributed by atoms with Gasteiger partial charge in [-0.25, -0.2) is 0 Å². The number of nitrogens with zero attached hydrogens (tertiary/aromatic N) is 2. The number of hydrogen-bond acceptors (Lipinski definition) is 3. The second-order valence-electron chi connectivity index (χ2n) is 5.63. The molecule has 0 saturated heterocycles. The van der Waals surface area contributed by atoms with E-state index in [0.29, 0.717) is 6.42 Å². The molecule has 4 nitrogen and oxygen atoms in total. The Balaban J connectivity index is 2.57. The summed E-state index contributed by atoms with van der Waals surface area (Å²) in [7, 11) is 3.65. The summed E-state index contributed by atoms with van der Waals surface area (Å²) in [6, 6.07) is 0. The lowest BCUT2D eigenvalue weighted by Gasteiger charge is -2.24. The lowest BCUT2D eigenvalue weighted by Crippen LogP contribution is -2.25. The van der Waals surface area contributed by atoms with Crippen molar-refractivity contribution in [3.63, 3.8) is 0 Å². The third-order valence-electron chi connectivity index (χ3n) is 3.73. The average Bonchev–Trinajstić information content (AvgIpc) is 2.54. The highest BCUT2D eigenvalue weighted by molar-refractivity contribution is 5.25. The molecule has 0 fully saturated rings. The number of methoxy groups -OCH3 is 1. The van der Waals surface area contributed by atoms with Crippen LogP contribution in [0.25, 0.3) is 0 Å². The molecule has 1 heterocycles. The third kappa shape index (κ3) is 3.82. The maximum atomic E-state index is 10.1. The van der Waals surface area contributed by atoms with Gasteiger partial charge in [-0.2, -0.15) is 5.10 Å². The second-order valence-corrected chi connectivity index (χ2v) is 5.63. The van der Waals surface area contributed by atoms with Crippen LogP contribution in [0.15, 0.2) is 0 Å². The van der Waals surface area contributed by atoms with Crippen molar-refractivity contribution in [3.05, 3.63) is 17.0 Å². The van der Waals surface area contributed by atoms with Gasteiger partial charge in [-0.15, -0.1) is 0 Å². The molecule has 1 rings (SSSR count). The standard InChI is InChI=1S/C14H26N2O2/c1-10-13(11(2)16(5)15-10)9-12(17)7-8-14(3,4)18-6/h12,17H,7-9H2,1-6H3. The van der Waals surface area contributed by atoms with Gasteiger partial charge in [-0.1, -0.05) is 0 Å². The molecule has 0 aliphatic rings. The first-order chi connectivity index (χ1) is 8.26. The molecule has 18 heavy (non-hydrogen) atoms. The van der Waals surface area contributed by atoms with Crippen LogP contribution in [-0.4, -0.2) is 33.7 Å². The summed E-state index contributed by atoms with van der Waals surface area (Å²) < 4.78 is 7.23. The van der Waals surface area contributed by atoms with E-state index in [9.17, 15) is 5.11 Å². The molecule has 0 aromatic carbocycles. The summed E-state index contributed by atoms with van der Waals surface area (Å²) in [5.41, 5.74) is 3.15. The maximum absolute atomic E-state index is 10.1. The van der Waals surface area contributed by atoms with Gasteiger partial charge in [-0.05, 0) is 46.1 Å². The molecule has 0 radical (unpaired) electrons. The maximum Gasteiger partial charge on any atom is 0.0629 e. The number of aliphatic hydroxyl groups excluding tert-OH is 1. The lowest BCUT2D eigenvalue weighted by atomic mass is 9.96. The molecule has 0 amide bonds. The molecule has 0 aliphatic heterocycles. The van der Waals surface area contributed by atoms with Crippen molar-refractivity contribution in [1.29, 1.82) is 0 Å². The fourth-order valence-electron chi connectivity index (χ4n) is 2.07. The van der Waals surface area contributed by atoms with Crippen molar-refractivity contribution in [3.8, 4) is 0 Å². The molecule has 0 saturated carbocycles. The molecule has 1 atom stereocenters. The fourth-order valence-corrected chi connectivity index (χ4v) is 2.07. The minimum absolute atomic E-state index is 0.167. The van der Waals surface area contributed by atoms with Crippen molar-refractivity contribution >= 4 is 0 Å². The summed E-state index contributed by atoms with van der Waals surface area (Å²) in [4.78, 5) is 0. The Labute approximate surface area is 110 Å². The van der Waals surface area contributed by atoms with Gasteiger partial charge < -0.3 is 9.84 Å². The van der Waals surface area contributed by atoms with E-state index >= 15 is 0 Å². The van der Waals surface area contributed by atoms with Crippen molar-refractivity contribution in [1.82, 2.24) is 9.78 Å². The fraction of sp³-hybridized carbons (Fsp3) is 0.786. The zero-order valence-electron chi connectivity index (χ0n) is 12.4. The summed E-state index contributed by atoms with van der Waals surface area (Å²) >= 11 is 0. The molecule has 4 heteroatoms. The smallest absolute Gasteiger partial charge is 0.0629 e. The highest BCUT2D eigenvalue weighted by Crippen LogP contribution is 2.20. The summed E-state index contributed by atoms with van der Waals surface area (Å²) in [6.45, 7) is 8.12. The van der Waals surface area contributed by atoms with E-state index in [1.54, 1.807) is 7.11 Å². The molecule has 1 N–H and O–H groups in total. The lowest BCUT2D eigenvalue weighted by molar-refractivity contribution is 0.00304. The van der Waals surface area contributed by atoms with Gasteiger partial charge in [0.1, 0.15) is 0 Å². The molecule has 1 aromatic rings. The van der Waals surface area contributed by atoms with Crippen LogP contribution in [0.1, 0.15) is 43.6 Å². The normalized spacial score (nSPS) is 13.9. The Morgan fingerprint density at radius 1 is 1.39 bits per heavy atom. The van der Waals surface area contributed by atoms with E-state index in [0.717, 1.165) is 24.2 Å². The van der Waals surface area contributed by atoms with E-state index in [1.165, 1.54) is 5.56 Å². The predicted molar refractivity (Wildman–Crippen MR) is 72.7 cm³/mol. The summed E-state index contributed by atoms with van der Waals surface area (Å²) in [5, 5.41) is 14.5. The minimum Gasteiger partial charge on any atom is -0.393 e. The molecule has 0 bridgehead atoms. The molecule has 0 aliphatic carbocycles. The van der Waals surface area contributed by atoms with Crippen LogP contribution in [-0.2, 0) is 18.2 Å². The summed E-state index contributed by atoms with van der Waals surface area (Å²) in [5.74, 6) is 0. The van der Waals surface area contributed by atoms with Gasteiger partial charge in [0.05, 0.1) is 17.4 Å². The van der Waals surface area contributed by atoms with Crippen LogP contribution in [0.5, 0.6) is 0 Å².